The van der Waals surface area contributed by atoms with Crippen LogP contribution < -0.4 is 10.6 Å². The number of nitrogens with zero attached hydrogens (tertiary/aromatic N) is 4. The number of hydrogen-bond donors (Lipinski definition) is 1. The zero-order chi connectivity index (χ0) is 10.8. The quantitative estimate of drug-likeness (QED) is 0.830. The van der Waals surface area contributed by atoms with Gasteiger partial charge in [-0.25, -0.2) is 4.98 Å². The van der Waals surface area contributed by atoms with E-state index in [1.807, 2.05) is 19.5 Å². The lowest BCUT2D eigenvalue weighted by molar-refractivity contribution is 0.384. The van der Waals surface area contributed by atoms with Gasteiger partial charge in [0.1, 0.15) is 0 Å². The molecule has 6 nitrogen and oxygen atoms in total. The van der Waals surface area contributed by atoms with Gasteiger partial charge in [0.2, 0.25) is 5.89 Å². The van der Waals surface area contributed by atoms with Crippen molar-refractivity contribution in [3.8, 4) is 0 Å². The Morgan fingerprint density at radius 2 is 2.27 bits per heavy atom. The van der Waals surface area contributed by atoms with Crippen molar-refractivity contribution in [3.05, 3.63) is 17.0 Å². The van der Waals surface area contributed by atoms with E-state index in [-0.39, 0.29) is 0 Å². The Labute approximate surface area is 90.7 Å². The first-order valence-electron chi connectivity index (χ1n) is 4.35. The molecule has 0 saturated carbocycles. The largest absolute Gasteiger partial charge is 0.375 e. The van der Waals surface area contributed by atoms with E-state index < -0.39 is 0 Å². The summed E-state index contributed by atoms with van der Waals surface area (Å²) in [4.78, 5) is 10.1. The molecule has 0 aliphatic rings. The second kappa shape index (κ2) is 3.85. The molecule has 0 aliphatic heterocycles. The van der Waals surface area contributed by atoms with Gasteiger partial charge in [0.05, 0.1) is 12.1 Å². The van der Waals surface area contributed by atoms with E-state index in [4.69, 9.17) is 10.3 Å². The highest BCUT2D eigenvalue weighted by Gasteiger charge is 2.09. The maximum Gasteiger partial charge on any atom is 0.265 e. The van der Waals surface area contributed by atoms with Gasteiger partial charge in [0.15, 0.2) is 5.13 Å². The Morgan fingerprint density at radius 1 is 1.47 bits per heavy atom. The molecule has 0 aliphatic carbocycles. The fourth-order valence-corrected chi connectivity index (χ4v) is 1.62. The highest BCUT2D eigenvalue weighted by atomic mass is 32.1. The van der Waals surface area contributed by atoms with Crippen molar-refractivity contribution in [2.45, 2.75) is 6.42 Å². The van der Waals surface area contributed by atoms with Crippen LogP contribution in [0.25, 0.3) is 0 Å². The predicted octanol–water partition coefficient (Wildman–Crippen LogP) is 0.765. The fourth-order valence-electron chi connectivity index (χ4n) is 1.06. The molecule has 0 unspecified atom stereocenters. The van der Waals surface area contributed by atoms with E-state index in [2.05, 4.69) is 15.1 Å². The maximum atomic E-state index is 5.52. The molecule has 0 fully saturated rings. The smallest absolute Gasteiger partial charge is 0.265 e. The normalized spacial score (nSPS) is 10.5. The van der Waals surface area contributed by atoms with Crippen molar-refractivity contribution in [1.82, 2.24) is 15.1 Å². The molecule has 15 heavy (non-hydrogen) atoms. The summed E-state index contributed by atoms with van der Waals surface area (Å²) in [5.74, 6) is 1.11. The molecule has 7 heteroatoms. The third kappa shape index (κ3) is 2.24. The summed E-state index contributed by atoms with van der Waals surface area (Å²) in [6.45, 7) is 0. The lowest BCUT2D eigenvalue weighted by Crippen LogP contribution is -2.10. The first-order valence-corrected chi connectivity index (χ1v) is 5.23. The van der Waals surface area contributed by atoms with Crippen molar-refractivity contribution in [2.24, 2.45) is 0 Å². The number of nitrogens with two attached hydrogens (primary N) is 1. The van der Waals surface area contributed by atoms with Crippen LogP contribution in [0, 0.1) is 0 Å². The summed E-state index contributed by atoms with van der Waals surface area (Å²) in [5, 5.41) is 6.24. The van der Waals surface area contributed by atoms with Crippen LogP contribution in [0.1, 0.15) is 11.6 Å². The van der Waals surface area contributed by atoms with Crippen molar-refractivity contribution in [3.63, 3.8) is 0 Å². The minimum absolute atomic E-state index is 0.522. The van der Waals surface area contributed by atoms with Crippen molar-refractivity contribution < 1.29 is 4.52 Å². The van der Waals surface area contributed by atoms with Gasteiger partial charge >= 0.3 is 0 Å². The molecular formula is C8H11N5OS. The lowest BCUT2D eigenvalue weighted by atomic mass is 10.3. The molecule has 2 N–H and O–H groups in total. The maximum absolute atomic E-state index is 5.52. The average Bonchev–Trinajstić information content (AvgIpc) is 2.76. The zero-order valence-corrected chi connectivity index (χ0v) is 9.28. The third-order valence-electron chi connectivity index (χ3n) is 1.76. The molecule has 2 rings (SSSR count). The summed E-state index contributed by atoms with van der Waals surface area (Å²) < 4.78 is 5.06. The molecule has 0 atom stereocenters. The van der Waals surface area contributed by atoms with E-state index in [0.717, 1.165) is 5.69 Å². The van der Waals surface area contributed by atoms with Crippen molar-refractivity contribution in [2.75, 3.05) is 24.7 Å². The summed E-state index contributed by atoms with van der Waals surface area (Å²) in [7, 11) is 3.71. The van der Waals surface area contributed by atoms with E-state index in [0.29, 0.717) is 23.4 Å². The fraction of sp³-hybridized carbons (Fsp3) is 0.375. The van der Waals surface area contributed by atoms with E-state index in [9.17, 15) is 0 Å². The minimum Gasteiger partial charge on any atom is -0.375 e. The van der Waals surface area contributed by atoms with E-state index in [1.54, 1.807) is 4.90 Å². The second-order valence-corrected chi connectivity index (χ2v) is 4.13. The Morgan fingerprint density at radius 3 is 2.80 bits per heavy atom. The van der Waals surface area contributed by atoms with Gasteiger partial charge in [-0.15, -0.1) is 11.3 Å². The van der Waals surface area contributed by atoms with Crippen LogP contribution in [0.15, 0.2) is 9.90 Å². The number of rotatable bonds is 3. The molecule has 2 heterocycles. The SMILES string of the molecule is CN(C)c1noc(Cc2csc(N)n2)n1. The van der Waals surface area contributed by atoms with Gasteiger partial charge in [-0.1, -0.05) is 0 Å². The van der Waals surface area contributed by atoms with Gasteiger partial charge in [-0.05, 0) is 5.16 Å². The number of anilines is 2. The van der Waals surface area contributed by atoms with Crippen molar-refractivity contribution in [1.29, 1.82) is 0 Å². The number of thiazole rings is 1. The van der Waals surface area contributed by atoms with Gasteiger partial charge in [-0.2, -0.15) is 4.98 Å². The lowest BCUT2D eigenvalue weighted by Gasteiger charge is -2.02. The molecular weight excluding hydrogens is 214 g/mol. The second-order valence-electron chi connectivity index (χ2n) is 3.24. The van der Waals surface area contributed by atoms with Crippen LogP contribution in [-0.4, -0.2) is 29.2 Å². The van der Waals surface area contributed by atoms with Crippen LogP contribution in [0.3, 0.4) is 0 Å². The van der Waals surface area contributed by atoms with Gasteiger partial charge in [0.25, 0.3) is 5.95 Å². The van der Waals surface area contributed by atoms with Crippen molar-refractivity contribution >= 4 is 22.4 Å². The van der Waals surface area contributed by atoms with Gasteiger partial charge in [0, 0.05) is 19.5 Å². The highest BCUT2D eigenvalue weighted by molar-refractivity contribution is 7.13. The predicted molar refractivity (Wildman–Crippen MR) is 58.0 cm³/mol. The molecule has 0 bridgehead atoms. The summed E-state index contributed by atoms with van der Waals surface area (Å²) in [6.07, 6.45) is 0.522. The molecule has 2 aromatic heterocycles. The first kappa shape index (κ1) is 9.91. The van der Waals surface area contributed by atoms with Crippen LogP contribution in [0.2, 0.25) is 0 Å². The monoisotopic (exact) mass is 225 g/mol. The number of hydrogen-bond acceptors (Lipinski definition) is 7. The van der Waals surface area contributed by atoms with Crippen LogP contribution in [0.4, 0.5) is 11.1 Å². The third-order valence-corrected chi connectivity index (χ3v) is 2.48. The average molecular weight is 225 g/mol. The molecule has 0 spiro atoms. The molecule has 0 saturated heterocycles. The molecule has 2 aromatic rings. The number of aromatic nitrogens is 3. The summed E-state index contributed by atoms with van der Waals surface area (Å²) in [5.41, 5.74) is 6.37. The Balaban J connectivity index is 2.11. The zero-order valence-electron chi connectivity index (χ0n) is 8.47. The standard InChI is InChI=1S/C8H11N5OS/c1-13(2)8-11-6(14-12-8)3-5-4-15-7(9)10-5/h4H,3H2,1-2H3,(H2,9,10). The van der Waals surface area contributed by atoms with Crippen LogP contribution in [0.5, 0.6) is 0 Å². The van der Waals surface area contributed by atoms with Gasteiger partial charge < -0.3 is 15.2 Å². The molecule has 0 radical (unpaired) electrons. The molecule has 0 amide bonds. The Hall–Kier alpha value is -1.63. The first-order chi connectivity index (χ1) is 7.15. The van der Waals surface area contributed by atoms with E-state index >= 15 is 0 Å². The highest BCUT2D eigenvalue weighted by Crippen LogP contribution is 2.15. The van der Waals surface area contributed by atoms with Crippen LogP contribution in [-0.2, 0) is 6.42 Å². The van der Waals surface area contributed by atoms with E-state index in [1.165, 1.54) is 11.3 Å². The van der Waals surface area contributed by atoms with Gasteiger partial charge in [-0.3, -0.25) is 0 Å². The summed E-state index contributed by atoms with van der Waals surface area (Å²) >= 11 is 1.40. The topological polar surface area (TPSA) is 81.1 Å². The summed E-state index contributed by atoms with van der Waals surface area (Å²) in [6, 6.07) is 0. The minimum atomic E-state index is 0.522. The Bertz CT molecular complexity index is 449. The number of nitrogen functional groups attached to an aromatic ring is 1. The molecule has 80 valence electrons. The Kier molecular flexibility index (Phi) is 2.55. The van der Waals surface area contributed by atoms with Crippen LogP contribution >= 0.6 is 11.3 Å². The molecule has 0 aromatic carbocycles.